The molecule has 1 aromatic carbocycles. The third-order valence-corrected chi connectivity index (χ3v) is 4.55. The van der Waals surface area contributed by atoms with Gasteiger partial charge in [0.05, 0.1) is 6.54 Å². The first-order valence-corrected chi connectivity index (χ1v) is 8.25. The quantitative estimate of drug-likeness (QED) is 0.872. The van der Waals surface area contributed by atoms with E-state index in [2.05, 4.69) is 48.3 Å². The van der Waals surface area contributed by atoms with Crippen LogP contribution in [0.1, 0.15) is 50.3 Å². The van der Waals surface area contributed by atoms with E-state index in [1.165, 1.54) is 24.0 Å². The number of carbonyl (C=O) groups is 1. The molecule has 1 amide bonds. The molecule has 3 rings (SSSR count). The maximum Gasteiger partial charge on any atom is 0.234 e. The highest BCUT2D eigenvalue weighted by Gasteiger charge is 2.38. The van der Waals surface area contributed by atoms with Gasteiger partial charge in [-0.15, -0.1) is 0 Å². The molecule has 0 aliphatic heterocycles. The summed E-state index contributed by atoms with van der Waals surface area (Å²) >= 11 is 0. The lowest BCUT2D eigenvalue weighted by atomic mass is 10.1. The lowest BCUT2D eigenvalue weighted by Gasteiger charge is -2.29. The fourth-order valence-corrected chi connectivity index (χ4v) is 3.32. The van der Waals surface area contributed by atoms with E-state index >= 15 is 0 Å². The fourth-order valence-electron chi connectivity index (χ4n) is 3.32. The molecule has 114 valence electrons. The van der Waals surface area contributed by atoms with Crippen LogP contribution in [0.5, 0.6) is 0 Å². The number of aryl methyl sites for hydroxylation is 1. The van der Waals surface area contributed by atoms with Gasteiger partial charge >= 0.3 is 0 Å². The minimum absolute atomic E-state index is 0.181. The normalized spacial score (nSPS) is 20.9. The van der Waals surface area contributed by atoms with Gasteiger partial charge in [0.1, 0.15) is 0 Å². The predicted octanol–water partition coefficient (Wildman–Crippen LogP) is 2.91. The van der Waals surface area contributed by atoms with Gasteiger partial charge in [0, 0.05) is 18.6 Å². The molecule has 0 bridgehead atoms. The molecule has 1 N–H and O–H groups in total. The van der Waals surface area contributed by atoms with Crippen molar-refractivity contribution in [3.8, 4) is 0 Å². The fraction of sp³-hybridized carbons (Fsp3) is 0.611. The van der Waals surface area contributed by atoms with E-state index in [0.717, 1.165) is 19.4 Å². The number of rotatable bonds is 6. The highest BCUT2D eigenvalue weighted by Crippen LogP contribution is 2.41. The molecule has 3 heteroatoms. The van der Waals surface area contributed by atoms with Crippen molar-refractivity contribution < 1.29 is 4.79 Å². The van der Waals surface area contributed by atoms with Crippen molar-refractivity contribution in [3.05, 3.63) is 35.4 Å². The number of nitrogens with one attached hydrogen (secondary N) is 1. The molecular formula is C18H26N2O. The first-order valence-electron chi connectivity index (χ1n) is 8.25. The third-order valence-electron chi connectivity index (χ3n) is 4.55. The largest absolute Gasteiger partial charge is 0.355 e. The summed E-state index contributed by atoms with van der Waals surface area (Å²) in [5, 5.41) is 3.06. The molecule has 0 spiro atoms. The van der Waals surface area contributed by atoms with Gasteiger partial charge in [-0.05, 0) is 42.7 Å². The highest BCUT2D eigenvalue weighted by atomic mass is 16.2. The zero-order valence-electron chi connectivity index (χ0n) is 13.1. The van der Waals surface area contributed by atoms with E-state index in [4.69, 9.17) is 0 Å². The number of benzene rings is 1. The van der Waals surface area contributed by atoms with Crippen LogP contribution in [0, 0.1) is 5.92 Å². The molecular weight excluding hydrogens is 260 g/mol. The number of fused-ring (bicyclic) bond motifs is 1. The van der Waals surface area contributed by atoms with Gasteiger partial charge in [0.2, 0.25) is 5.91 Å². The maximum atomic E-state index is 12.2. The van der Waals surface area contributed by atoms with Crippen LogP contribution in [0.2, 0.25) is 0 Å². The van der Waals surface area contributed by atoms with Crippen LogP contribution in [0.25, 0.3) is 0 Å². The zero-order valence-corrected chi connectivity index (χ0v) is 13.1. The van der Waals surface area contributed by atoms with E-state index in [9.17, 15) is 4.79 Å². The lowest BCUT2D eigenvalue weighted by molar-refractivity contribution is -0.123. The molecule has 0 radical (unpaired) electrons. The number of carbonyl (C=O) groups excluding carboxylic acids is 1. The van der Waals surface area contributed by atoms with E-state index < -0.39 is 0 Å². The van der Waals surface area contributed by atoms with Crippen molar-refractivity contribution in [1.82, 2.24) is 10.2 Å². The summed E-state index contributed by atoms with van der Waals surface area (Å²) in [6, 6.07) is 9.79. The molecule has 2 aliphatic carbocycles. The van der Waals surface area contributed by atoms with Gasteiger partial charge in [0.25, 0.3) is 0 Å². The zero-order chi connectivity index (χ0) is 14.8. The summed E-state index contributed by atoms with van der Waals surface area (Å²) in [6.45, 7) is 5.59. The Bertz CT molecular complexity index is 508. The molecule has 1 unspecified atom stereocenters. The smallest absolute Gasteiger partial charge is 0.234 e. The van der Waals surface area contributed by atoms with Gasteiger partial charge in [-0.1, -0.05) is 38.1 Å². The van der Waals surface area contributed by atoms with Crippen LogP contribution >= 0.6 is 0 Å². The molecule has 1 aromatic rings. The summed E-state index contributed by atoms with van der Waals surface area (Å²) in [7, 11) is 0. The second-order valence-corrected chi connectivity index (χ2v) is 6.85. The van der Waals surface area contributed by atoms with Crippen molar-refractivity contribution in [3.63, 3.8) is 0 Å². The van der Waals surface area contributed by atoms with E-state index in [1.807, 2.05) is 0 Å². The average Bonchev–Trinajstić information content (AvgIpc) is 3.22. The molecule has 0 heterocycles. The van der Waals surface area contributed by atoms with Crippen molar-refractivity contribution in [2.45, 2.75) is 51.6 Å². The second-order valence-electron chi connectivity index (χ2n) is 6.85. The summed E-state index contributed by atoms with van der Waals surface area (Å²) < 4.78 is 0. The van der Waals surface area contributed by atoms with E-state index in [1.54, 1.807) is 0 Å². The van der Waals surface area contributed by atoms with Crippen molar-refractivity contribution in [2.24, 2.45) is 5.92 Å². The first kappa shape index (κ1) is 14.6. The van der Waals surface area contributed by atoms with E-state index in [0.29, 0.717) is 24.5 Å². The topological polar surface area (TPSA) is 32.3 Å². The SMILES string of the molecule is CC(C)CNC(=O)CN(C1CC1)C1CCc2ccccc21. The molecule has 1 saturated carbocycles. The van der Waals surface area contributed by atoms with Crippen molar-refractivity contribution in [1.29, 1.82) is 0 Å². The van der Waals surface area contributed by atoms with Crippen molar-refractivity contribution in [2.75, 3.05) is 13.1 Å². The molecule has 3 nitrogen and oxygen atoms in total. The molecule has 2 aliphatic rings. The molecule has 1 atom stereocenters. The van der Waals surface area contributed by atoms with Crippen molar-refractivity contribution >= 4 is 5.91 Å². The average molecular weight is 286 g/mol. The van der Waals surface area contributed by atoms with Gasteiger partial charge in [-0.25, -0.2) is 0 Å². The number of amides is 1. The molecule has 0 saturated heterocycles. The Morgan fingerprint density at radius 2 is 2.05 bits per heavy atom. The van der Waals surface area contributed by atoms with Gasteiger partial charge in [0.15, 0.2) is 0 Å². The minimum atomic E-state index is 0.181. The standard InChI is InChI=1S/C18H26N2O/c1-13(2)11-19-18(21)12-20(15-8-9-15)17-10-7-14-5-3-4-6-16(14)17/h3-6,13,15,17H,7-12H2,1-2H3,(H,19,21). The minimum Gasteiger partial charge on any atom is -0.355 e. The Hall–Kier alpha value is -1.35. The highest BCUT2D eigenvalue weighted by molar-refractivity contribution is 5.78. The Labute approximate surface area is 127 Å². The van der Waals surface area contributed by atoms with Gasteiger partial charge < -0.3 is 5.32 Å². The summed E-state index contributed by atoms with van der Waals surface area (Å²) in [4.78, 5) is 14.7. The van der Waals surface area contributed by atoms with Crippen LogP contribution in [-0.2, 0) is 11.2 Å². The second kappa shape index (κ2) is 6.18. The van der Waals surface area contributed by atoms with Gasteiger partial charge in [-0.2, -0.15) is 0 Å². The predicted molar refractivity (Wildman–Crippen MR) is 85.1 cm³/mol. The van der Waals surface area contributed by atoms with Crippen LogP contribution in [0.3, 0.4) is 0 Å². The Morgan fingerprint density at radius 3 is 2.76 bits per heavy atom. The number of hydrogen-bond donors (Lipinski definition) is 1. The Balaban J connectivity index is 1.67. The molecule has 1 fully saturated rings. The van der Waals surface area contributed by atoms with Crippen LogP contribution in [-0.4, -0.2) is 29.9 Å². The third kappa shape index (κ3) is 3.46. The molecule has 21 heavy (non-hydrogen) atoms. The van der Waals surface area contributed by atoms with Crippen LogP contribution in [0.4, 0.5) is 0 Å². The summed E-state index contributed by atoms with van der Waals surface area (Å²) in [5.41, 5.74) is 2.91. The van der Waals surface area contributed by atoms with Gasteiger partial charge in [-0.3, -0.25) is 9.69 Å². The Kier molecular flexibility index (Phi) is 4.29. The number of nitrogens with zero attached hydrogens (tertiary/aromatic N) is 1. The van der Waals surface area contributed by atoms with Crippen LogP contribution < -0.4 is 5.32 Å². The number of hydrogen-bond acceptors (Lipinski definition) is 2. The van der Waals surface area contributed by atoms with E-state index in [-0.39, 0.29) is 5.91 Å². The summed E-state index contributed by atoms with van der Waals surface area (Å²) in [6.07, 6.45) is 4.80. The molecule has 0 aromatic heterocycles. The monoisotopic (exact) mass is 286 g/mol. The van der Waals surface area contributed by atoms with Crippen LogP contribution in [0.15, 0.2) is 24.3 Å². The summed E-state index contributed by atoms with van der Waals surface area (Å²) in [5.74, 6) is 0.690. The maximum absolute atomic E-state index is 12.2. The Morgan fingerprint density at radius 1 is 1.29 bits per heavy atom. The first-order chi connectivity index (χ1) is 10.1. The lowest BCUT2D eigenvalue weighted by Crippen LogP contribution is -2.41.